The van der Waals surface area contributed by atoms with E-state index < -0.39 is 11.6 Å². The molecule has 1 aromatic carbocycles. The highest BCUT2D eigenvalue weighted by molar-refractivity contribution is 6.52. The predicted molar refractivity (Wildman–Crippen MR) is 92.6 cm³/mol. The number of aromatic nitrogens is 2. The molecular weight excluding hydrogens is 302 g/mol. The molecule has 3 rings (SSSR count). The molecular formula is C19H17N3O2. The maximum absolute atomic E-state index is 12.3. The first kappa shape index (κ1) is 15.7. The lowest BCUT2D eigenvalue weighted by Crippen LogP contribution is -2.21. The van der Waals surface area contributed by atoms with Gasteiger partial charge in [-0.2, -0.15) is 0 Å². The normalized spacial score (nSPS) is 13.8. The third kappa shape index (κ3) is 2.72. The summed E-state index contributed by atoms with van der Waals surface area (Å²) in [6, 6.07) is 7.04. The number of aromatic amines is 1. The van der Waals surface area contributed by atoms with Crippen molar-refractivity contribution >= 4 is 11.6 Å². The van der Waals surface area contributed by atoms with Crippen LogP contribution in [-0.2, 0) is 6.54 Å². The molecule has 0 fully saturated rings. The first-order valence-electron chi connectivity index (χ1n) is 7.62. The van der Waals surface area contributed by atoms with E-state index in [1.807, 2.05) is 31.2 Å². The van der Waals surface area contributed by atoms with Gasteiger partial charge in [-0.3, -0.25) is 9.59 Å². The standard InChI is InChI=1S/C19H17N3O2/c1-3-5-8-12(4-2)20-11-15-21-16-13-9-6-7-10-14(13)18(23)19(24)17(16)22-15/h3-10,20H,1,11H2,2H3,(H,21,22)/b8-5-,12-4+. The number of hydrogen-bond donors (Lipinski definition) is 2. The molecule has 1 aliphatic carbocycles. The van der Waals surface area contributed by atoms with Gasteiger partial charge in [-0.15, -0.1) is 0 Å². The van der Waals surface area contributed by atoms with Gasteiger partial charge >= 0.3 is 0 Å². The fourth-order valence-corrected chi connectivity index (χ4v) is 2.60. The van der Waals surface area contributed by atoms with Crippen molar-refractivity contribution in [2.75, 3.05) is 0 Å². The molecule has 2 N–H and O–H groups in total. The molecule has 0 saturated heterocycles. The van der Waals surface area contributed by atoms with E-state index in [4.69, 9.17) is 0 Å². The van der Waals surface area contributed by atoms with Gasteiger partial charge in [0.2, 0.25) is 5.78 Å². The van der Waals surface area contributed by atoms with Crippen molar-refractivity contribution < 1.29 is 9.59 Å². The van der Waals surface area contributed by atoms with Gasteiger partial charge in [0.1, 0.15) is 17.2 Å². The lowest BCUT2D eigenvalue weighted by atomic mass is 9.90. The van der Waals surface area contributed by atoms with Gasteiger partial charge in [-0.05, 0) is 13.0 Å². The Bertz CT molecular complexity index is 888. The zero-order chi connectivity index (χ0) is 17.1. The number of allylic oxidation sites excluding steroid dienone is 4. The number of carbonyl (C=O) groups is 2. The fourth-order valence-electron chi connectivity index (χ4n) is 2.60. The number of nitrogens with one attached hydrogen (secondary N) is 2. The average molecular weight is 319 g/mol. The highest BCUT2D eigenvalue weighted by Gasteiger charge is 2.33. The van der Waals surface area contributed by atoms with E-state index in [1.165, 1.54) is 0 Å². The topological polar surface area (TPSA) is 74.8 Å². The Labute approximate surface area is 139 Å². The van der Waals surface area contributed by atoms with Crippen LogP contribution in [0.5, 0.6) is 0 Å². The largest absolute Gasteiger partial charge is 0.378 e. The smallest absolute Gasteiger partial charge is 0.251 e. The van der Waals surface area contributed by atoms with Gasteiger partial charge in [-0.1, -0.05) is 49.1 Å². The van der Waals surface area contributed by atoms with Crippen LogP contribution in [0.4, 0.5) is 0 Å². The Kier molecular flexibility index (Phi) is 4.24. The Balaban J connectivity index is 1.90. The summed E-state index contributed by atoms with van der Waals surface area (Å²) in [4.78, 5) is 31.9. The number of benzene rings is 1. The minimum absolute atomic E-state index is 0.263. The summed E-state index contributed by atoms with van der Waals surface area (Å²) in [6.07, 6.45) is 7.33. The van der Waals surface area contributed by atoms with Crippen LogP contribution >= 0.6 is 0 Å². The van der Waals surface area contributed by atoms with Crippen LogP contribution in [0, 0.1) is 0 Å². The summed E-state index contributed by atoms with van der Waals surface area (Å²) in [6.45, 7) is 5.97. The average Bonchev–Trinajstić information content (AvgIpc) is 3.04. The van der Waals surface area contributed by atoms with E-state index in [9.17, 15) is 9.59 Å². The number of fused-ring (bicyclic) bond motifs is 3. The lowest BCUT2D eigenvalue weighted by Gasteiger charge is -2.11. The van der Waals surface area contributed by atoms with Gasteiger partial charge in [0.15, 0.2) is 0 Å². The maximum Gasteiger partial charge on any atom is 0.251 e. The summed E-state index contributed by atoms with van der Waals surface area (Å²) in [5, 5.41) is 3.22. The monoisotopic (exact) mass is 319 g/mol. The van der Waals surface area contributed by atoms with Gasteiger partial charge in [-0.25, -0.2) is 4.98 Å². The Hall–Kier alpha value is -3.21. The molecule has 0 radical (unpaired) electrons. The van der Waals surface area contributed by atoms with Crippen LogP contribution in [0.2, 0.25) is 0 Å². The summed E-state index contributed by atoms with van der Waals surface area (Å²) >= 11 is 0. The van der Waals surface area contributed by atoms with E-state index in [0.717, 1.165) is 5.70 Å². The Morgan fingerprint density at radius 2 is 2.00 bits per heavy atom. The summed E-state index contributed by atoms with van der Waals surface area (Å²) < 4.78 is 0. The van der Waals surface area contributed by atoms with Crippen molar-refractivity contribution in [3.05, 3.63) is 77.9 Å². The van der Waals surface area contributed by atoms with Crippen LogP contribution in [0.15, 0.2) is 60.8 Å². The molecule has 5 heteroatoms. The van der Waals surface area contributed by atoms with Crippen LogP contribution in [-0.4, -0.2) is 21.5 Å². The van der Waals surface area contributed by atoms with Crippen LogP contribution in [0.25, 0.3) is 11.3 Å². The van der Waals surface area contributed by atoms with Crippen molar-refractivity contribution in [3.8, 4) is 11.3 Å². The molecule has 2 aromatic rings. The van der Waals surface area contributed by atoms with Gasteiger partial charge in [0.25, 0.3) is 5.78 Å². The van der Waals surface area contributed by atoms with Crippen LogP contribution in [0.3, 0.4) is 0 Å². The van der Waals surface area contributed by atoms with Crippen molar-refractivity contribution in [1.29, 1.82) is 0 Å². The molecule has 0 amide bonds. The number of carbonyl (C=O) groups excluding carboxylic acids is 2. The van der Waals surface area contributed by atoms with Crippen molar-refractivity contribution in [2.45, 2.75) is 13.5 Å². The summed E-state index contributed by atoms with van der Waals surface area (Å²) in [7, 11) is 0. The van der Waals surface area contributed by atoms with E-state index in [1.54, 1.807) is 24.3 Å². The van der Waals surface area contributed by atoms with Crippen molar-refractivity contribution in [1.82, 2.24) is 15.3 Å². The van der Waals surface area contributed by atoms with Gasteiger partial charge in [0.05, 0.1) is 6.54 Å². The van der Waals surface area contributed by atoms with E-state index in [2.05, 4.69) is 21.9 Å². The first-order valence-corrected chi connectivity index (χ1v) is 7.62. The summed E-state index contributed by atoms with van der Waals surface area (Å²) in [5.74, 6) is -0.436. The van der Waals surface area contributed by atoms with Crippen molar-refractivity contribution in [2.24, 2.45) is 0 Å². The van der Waals surface area contributed by atoms with Crippen LogP contribution in [0.1, 0.15) is 33.6 Å². The molecule has 120 valence electrons. The number of H-pyrrole nitrogens is 1. The molecule has 0 atom stereocenters. The van der Waals surface area contributed by atoms with E-state index in [0.29, 0.717) is 29.2 Å². The molecule has 1 aliphatic rings. The molecule has 5 nitrogen and oxygen atoms in total. The number of ketones is 2. The maximum atomic E-state index is 12.3. The second-order valence-corrected chi connectivity index (χ2v) is 5.30. The Morgan fingerprint density at radius 3 is 2.71 bits per heavy atom. The second-order valence-electron chi connectivity index (χ2n) is 5.30. The lowest BCUT2D eigenvalue weighted by molar-refractivity contribution is 0.0812. The highest BCUT2D eigenvalue weighted by Crippen LogP contribution is 2.31. The van der Waals surface area contributed by atoms with E-state index in [-0.39, 0.29) is 5.69 Å². The zero-order valence-corrected chi connectivity index (χ0v) is 13.3. The number of hydrogen-bond acceptors (Lipinski definition) is 4. The molecule has 0 saturated carbocycles. The van der Waals surface area contributed by atoms with Crippen molar-refractivity contribution in [3.63, 3.8) is 0 Å². The number of nitrogens with zero attached hydrogens (tertiary/aromatic N) is 1. The molecule has 24 heavy (non-hydrogen) atoms. The molecule has 0 bridgehead atoms. The molecule has 0 spiro atoms. The first-order chi connectivity index (χ1) is 11.7. The number of Topliss-reactive ketones (excluding diaryl/α,β-unsaturated/α-hetero) is 2. The van der Waals surface area contributed by atoms with Gasteiger partial charge in [0, 0.05) is 16.8 Å². The molecule has 1 heterocycles. The molecule has 0 aliphatic heterocycles. The van der Waals surface area contributed by atoms with Crippen LogP contribution < -0.4 is 5.32 Å². The summed E-state index contributed by atoms with van der Waals surface area (Å²) in [5.41, 5.74) is 2.81. The quantitative estimate of drug-likeness (QED) is 0.655. The van der Waals surface area contributed by atoms with E-state index >= 15 is 0 Å². The fraction of sp³-hybridized carbons (Fsp3) is 0.105. The molecule has 1 aromatic heterocycles. The SMILES string of the molecule is C=C/C=C\C(=C/C)NCc1nc2c([nH]1)C(=O)C(=O)c1ccccc1-2. The third-order valence-electron chi connectivity index (χ3n) is 3.80. The predicted octanol–water partition coefficient (Wildman–Crippen LogP) is 3.19. The number of rotatable bonds is 5. The third-order valence-corrected chi connectivity index (χ3v) is 3.80. The highest BCUT2D eigenvalue weighted by atomic mass is 16.2. The minimum Gasteiger partial charge on any atom is -0.378 e. The molecule has 0 unspecified atom stereocenters. The number of imidazole rings is 1. The minimum atomic E-state index is -0.541. The van der Waals surface area contributed by atoms with Gasteiger partial charge < -0.3 is 10.3 Å². The Morgan fingerprint density at radius 1 is 1.25 bits per heavy atom. The second kappa shape index (κ2) is 6.50. The zero-order valence-electron chi connectivity index (χ0n) is 13.3.